The normalized spacial score (nSPS) is 12.0. The Hall–Kier alpha value is -1.85. The fourth-order valence-corrected chi connectivity index (χ4v) is 9.03. The molecule has 0 unspecified atom stereocenters. The molecule has 0 aromatic carbocycles. The van der Waals surface area contributed by atoms with Crippen molar-refractivity contribution < 1.29 is 28.6 Å². The Balaban J connectivity index is 4.26. The molecular formula is C60H114O6. The van der Waals surface area contributed by atoms with E-state index in [4.69, 9.17) is 14.2 Å². The van der Waals surface area contributed by atoms with Crippen LogP contribution >= 0.6 is 0 Å². The van der Waals surface area contributed by atoms with Crippen LogP contribution in [0.2, 0.25) is 0 Å². The van der Waals surface area contributed by atoms with Crippen LogP contribution in [0.1, 0.15) is 335 Å². The molecule has 0 heterocycles. The first-order valence-electron chi connectivity index (χ1n) is 29.7. The third-order valence-electron chi connectivity index (χ3n) is 13.5. The van der Waals surface area contributed by atoms with Crippen LogP contribution in [0.15, 0.2) is 12.2 Å². The molecule has 0 spiro atoms. The average molecular weight is 932 g/mol. The summed E-state index contributed by atoms with van der Waals surface area (Å²) in [5.74, 6) is -0.846. The topological polar surface area (TPSA) is 78.9 Å². The highest BCUT2D eigenvalue weighted by molar-refractivity contribution is 5.71. The van der Waals surface area contributed by atoms with E-state index in [0.29, 0.717) is 19.3 Å². The minimum absolute atomic E-state index is 0.0654. The van der Waals surface area contributed by atoms with Crippen LogP contribution in [0.4, 0.5) is 0 Å². The number of esters is 3. The predicted octanol–water partition coefficient (Wildman–Crippen LogP) is 19.7. The van der Waals surface area contributed by atoms with E-state index in [1.165, 1.54) is 238 Å². The molecule has 0 radical (unpaired) electrons. The molecule has 0 N–H and O–H groups in total. The smallest absolute Gasteiger partial charge is 0.306 e. The van der Waals surface area contributed by atoms with Gasteiger partial charge in [0, 0.05) is 19.3 Å². The van der Waals surface area contributed by atoms with Crippen LogP contribution in [0.25, 0.3) is 0 Å². The molecule has 6 heteroatoms. The van der Waals surface area contributed by atoms with Gasteiger partial charge in [0.05, 0.1) is 0 Å². The van der Waals surface area contributed by atoms with Gasteiger partial charge in [0.1, 0.15) is 13.2 Å². The molecule has 0 aliphatic carbocycles. The second kappa shape index (κ2) is 55.7. The largest absolute Gasteiger partial charge is 0.462 e. The second-order valence-electron chi connectivity index (χ2n) is 20.3. The Labute approximate surface area is 411 Å². The van der Waals surface area contributed by atoms with Crippen LogP contribution in [-0.2, 0) is 28.6 Å². The van der Waals surface area contributed by atoms with Crippen molar-refractivity contribution in [3.05, 3.63) is 12.2 Å². The molecule has 390 valence electrons. The molecule has 0 aromatic heterocycles. The zero-order valence-corrected chi connectivity index (χ0v) is 44.7. The first-order valence-corrected chi connectivity index (χ1v) is 29.7. The van der Waals surface area contributed by atoms with Crippen LogP contribution in [0, 0.1) is 0 Å². The summed E-state index contributed by atoms with van der Waals surface area (Å²) in [5.41, 5.74) is 0. The summed E-state index contributed by atoms with van der Waals surface area (Å²) in [6.45, 7) is 6.69. The summed E-state index contributed by atoms with van der Waals surface area (Å²) in [6, 6.07) is 0. The van der Waals surface area contributed by atoms with Gasteiger partial charge < -0.3 is 14.2 Å². The van der Waals surface area contributed by atoms with Gasteiger partial charge >= 0.3 is 17.9 Å². The lowest BCUT2D eigenvalue weighted by molar-refractivity contribution is -0.167. The number of unbranched alkanes of at least 4 members (excludes halogenated alkanes) is 42. The van der Waals surface area contributed by atoms with E-state index in [2.05, 4.69) is 32.9 Å². The molecule has 0 amide bonds. The lowest BCUT2D eigenvalue weighted by Gasteiger charge is -2.18. The van der Waals surface area contributed by atoms with E-state index >= 15 is 0 Å². The molecule has 6 nitrogen and oxygen atoms in total. The van der Waals surface area contributed by atoms with E-state index in [-0.39, 0.29) is 31.1 Å². The highest BCUT2D eigenvalue weighted by atomic mass is 16.6. The maximum atomic E-state index is 12.9. The fraction of sp³-hybridized carbons (Fsp3) is 0.917. The molecule has 0 aliphatic rings. The number of carbonyl (C=O) groups is 3. The SMILES string of the molecule is CCCCCCCCCC/C=C\CCCCCCCCCC(=O)OC[C@@H](COC(=O)CCCCCCCCCCCCC)OC(=O)CCCCCCCCCCCCCCCCCCCC. The molecule has 0 bridgehead atoms. The van der Waals surface area contributed by atoms with Crippen LogP contribution in [-0.4, -0.2) is 37.2 Å². The van der Waals surface area contributed by atoms with E-state index in [1.54, 1.807) is 0 Å². The molecule has 0 aliphatic heterocycles. The third kappa shape index (κ3) is 53.1. The summed E-state index contributed by atoms with van der Waals surface area (Å²) < 4.78 is 16.9. The highest BCUT2D eigenvalue weighted by Gasteiger charge is 2.19. The van der Waals surface area contributed by atoms with Crippen molar-refractivity contribution in [2.45, 2.75) is 341 Å². The maximum Gasteiger partial charge on any atom is 0.306 e. The minimum Gasteiger partial charge on any atom is -0.462 e. The van der Waals surface area contributed by atoms with Gasteiger partial charge in [-0.1, -0.05) is 283 Å². The Bertz CT molecular complexity index is 1020. The number of hydrogen-bond donors (Lipinski definition) is 0. The maximum absolute atomic E-state index is 12.9. The number of rotatable bonds is 55. The van der Waals surface area contributed by atoms with E-state index < -0.39 is 6.10 Å². The highest BCUT2D eigenvalue weighted by Crippen LogP contribution is 2.17. The number of carbonyl (C=O) groups excluding carboxylic acids is 3. The van der Waals surface area contributed by atoms with E-state index in [9.17, 15) is 14.4 Å². The van der Waals surface area contributed by atoms with E-state index in [1.807, 2.05) is 0 Å². The van der Waals surface area contributed by atoms with Gasteiger partial charge in [-0.05, 0) is 44.9 Å². The molecule has 0 saturated heterocycles. The summed E-state index contributed by atoms with van der Waals surface area (Å²) in [6.07, 6.45) is 63.5. The summed E-state index contributed by atoms with van der Waals surface area (Å²) >= 11 is 0. The Morgan fingerprint density at radius 2 is 0.500 bits per heavy atom. The van der Waals surface area contributed by atoms with Crippen molar-refractivity contribution in [1.29, 1.82) is 0 Å². The Kier molecular flexibility index (Phi) is 54.2. The lowest BCUT2D eigenvalue weighted by Crippen LogP contribution is -2.30. The molecule has 0 fully saturated rings. The lowest BCUT2D eigenvalue weighted by atomic mass is 10.0. The van der Waals surface area contributed by atoms with Gasteiger partial charge in [-0.25, -0.2) is 0 Å². The minimum atomic E-state index is -0.766. The van der Waals surface area contributed by atoms with Crippen LogP contribution < -0.4 is 0 Å². The third-order valence-corrected chi connectivity index (χ3v) is 13.5. The summed E-state index contributed by atoms with van der Waals surface area (Å²) in [4.78, 5) is 38.1. The molecule has 0 saturated carbocycles. The van der Waals surface area contributed by atoms with Crippen molar-refractivity contribution in [1.82, 2.24) is 0 Å². The van der Waals surface area contributed by atoms with Crippen molar-refractivity contribution in [3.8, 4) is 0 Å². The first kappa shape index (κ1) is 64.2. The zero-order valence-electron chi connectivity index (χ0n) is 44.7. The Morgan fingerprint density at radius 3 is 0.758 bits per heavy atom. The van der Waals surface area contributed by atoms with E-state index in [0.717, 1.165) is 57.8 Å². The van der Waals surface area contributed by atoms with Gasteiger partial charge in [0.25, 0.3) is 0 Å². The molecule has 0 aromatic rings. The van der Waals surface area contributed by atoms with Crippen molar-refractivity contribution in [2.75, 3.05) is 13.2 Å². The quantitative estimate of drug-likeness (QED) is 0.0262. The second-order valence-corrected chi connectivity index (χ2v) is 20.3. The van der Waals surface area contributed by atoms with Gasteiger partial charge in [-0.2, -0.15) is 0 Å². The summed E-state index contributed by atoms with van der Waals surface area (Å²) in [7, 11) is 0. The number of allylic oxidation sites excluding steroid dienone is 2. The summed E-state index contributed by atoms with van der Waals surface area (Å²) in [5, 5.41) is 0. The Morgan fingerprint density at radius 1 is 0.288 bits per heavy atom. The van der Waals surface area contributed by atoms with Crippen LogP contribution in [0.3, 0.4) is 0 Å². The molecule has 1 atom stereocenters. The molecule has 66 heavy (non-hydrogen) atoms. The van der Waals surface area contributed by atoms with Crippen molar-refractivity contribution in [3.63, 3.8) is 0 Å². The monoisotopic (exact) mass is 931 g/mol. The van der Waals surface area contributed by atoms with Gasteiger partial charge in [-0.3, -0.25) is 14.4 Å². The number of hydrogen-bond acceptors (Lipinski definition) is 6. The van der Waals surface area contributed by atoms with Crippen molar-refractivity contribution in [2.24, 2.45) is 0 Å². The van der Waals surface area contributed by atoms with Crippen LogP contribution in [0.5, 0.6) is 0 Å². The molecular weight excluding hydrogens is 817 g/mol. The fourth-order valence-electron chi connectivity index (χ4n) is 9.03. The average Bonchev–Trinajstić information content (AvgIpc) is 3.31. The van der Waals surface area contributed by atoms with Gasteiger partial charge in [0.2, 0.25) is 0 Å². The first-order chi connectivity index (χ1) is 32.5. The predicted molar refractivity (Wildman–Crippen MR) is 284 cm³/mol. The number of ether oxygens (including phenoxy) is 3. The zero-order chi connectivity index (χ0) is 47.9. The van der Waals surface area contributed by atoms with Gasteiger partial charge in [-0.15, -0.1) is 0 Å². The standard InChI is InChI=1S/C60H114O6/c1-4-7-10-13-16-19-22-24-26-28-30-32-33-35-38-41-44-47-50-53-59(62)65-56-57(55-64-58(61)52-49-46-43-40-37-21-18-15-12-9-6-3)66-60(63)54-51-48-45-42-39-36-34-31-29-27-25-23-20-17-14-11-8-5-2/h28,30,57H,4-27,29,31-56H2,1-3H3/b30-28-/t57-/m1/s1. The van der Waals surface area contributed by atoms with Gasteiger partial charge in [0.15, 0.2) is 6.10 Å². The van der Waals surface area contributed by atoms with Crippen molar-refractivity contribution >= 4 is 17.9 Å². The molecule has 0 rings (SSSR count).